The van der Waals surface area contributed by atoms with Crippen molar-refractivity contribution in [1.82, 2.24) is 9.55 Å². The Hall–Kier alpha value is -9.36. The van der Waals surface area contributed by atoms with E-state index in [2.05, 4.69) is 195 Å². The van der Waals surface area contributed by atoms with Crippen molar-refractivity contribution in [2.75, 3.05) is 9.80 Å². The van der Waals surface area contributed by atoms with Crippen LogP contribution in [0.4, 0.5) is 34.1 Å². The number of nitriles is 2. The van der Waals surface area contributed by atoms with Gasteiger partial charge in [-0.3, -0.25) is 0 Å². The van der Waals surface area contributed by atoms with Crippen LogP contribution >= 0.6 is 0 Å². The molecule has 13 aromatic rings. The van der Waals surface area contributed by atoms with Crippen LogP contribution in [0.5, 0.6) is 0 Å². The fourth-order valence-electron chi connectivity index (χ4n) is 10.3. The van der Waals surface area contributed by atoms with Crippen molar-refractivity contribution in [3.05, 3.63) is 223 Å². The molecule has 0 atom stereocenters. The minimum atomic E-state index is 0.610. The van der Waals surface area contributed by atoms with Crippen LogP contribution in [0.2, 0.25) is 0 Å². The van der Waals surface area contributed by atoms with Gasteiger partial charge in [-0.1, -0.05) is 91.0 Å². The molecule has 0 spiro atoms. The van der Waals surface area contributed by atoms with Crippen LogP contribution in [0.15, 0.2) is 212 Å². The molecule has 0 amide bonds. The number of anilines is 6. The van der Waals surface area contributed by atoms with Crippen molar-refractivity contribution in [3.63, 3.8) is 0 Å². The molecule has 2 heterocycles. The molecule has 0 aliphatic heterocycles. The Bertz CT molecular complexity index is 4130. The van der Waals surface area contributed by atoms with Crippen LogP contribution in [-0.2, 0) is 0 Å². The Morgan fingerprint density at radius 3 is 1.47 bits per heavy atom. The summed E-state index contributed by atoms with van der Waals surface area (Å²) < 4.78 is 2.34. The van der Waals surface area contributed by atoms with Gasteiger partial charge in [-0.25, -0.2) is 0 Å². The van der Waals surface area contributed by atoms with E-state index in [1.807, 2.05) is 48.5 Å². The first kappa shape index (κ1) is 37.2. The summed E-state index contributed by atoms with van der Waals surface area (Å²) >= 11 is 0. The quantitative estimate of drug-likeness (QED) is 0.162. The van der Waals surface area contributed by atoms with Crippen molar-refractivity contribution in [1.29, 1.82) is 10.5 Å². The van der Waals surface area contributed by atoms with Crippen LogP contribution in [0.3, 0.4) is 0 Å². The topological polar surface area (TPSA) is 74.8 Å². The second-order valence-corrected chi connectivity index (χ2v) is 16.9. The Morgan fingerprint density at radius 1 is 0.364 bits per heavy atom. The molecule has 2 aromatic heterocycles. The van der Waals surface area contributed by atoms with Gasteiger partial charge in [0.25, 0.3) is 0 Å². The summed E-state index contributed by atoms with van der Waals surface area (Å²) in [5.74, 6) is 0. The van der Waals surface area contributed by atoms with E-state index >= 15 is 0 Å². The monoisotopic (exact) mass is 840 g/mol. The van der Waals surface area contributed by atoms with Gasteiger partial charge < -0.3 is 19.4 Å². The molecule has 0 radical (unpaired) electrons. The Balaban J connectivity index is 1.04. The molecular formula is C60H36N6. The number of rotatable bonds is 7. The maximum atomic E-state index is 9.84. The minimum Gasteiger partial charge on any atom is -0.355 e. The Labute approximate surface area is 379 Å². The number of benzene rings is 11. The normalized spacial score (nSPS) is 11.6. The molecule has 0 unspecified atom stereocenters. The molecule has 0 saturated carbocycles. The summed E-state index contributed by atoms with van der Waals surface area (Å²) in [5.41, 5.74) is 12.8. The molecule has 11 aromatic carbocycles. The number of nitrogens with one attached hydrogen (secondary N) is 1. The zero-order chi connectivity index (χ0) is 43.9. The molecular weight excluding hydrogens is 805 g/mol. The van der Waals surface area contributed by atoms with E-state index in [1.165, 1.54) is 21.5 Å². The largest absolute Gasteiger partial charge is 0.355 e. The van der Waals surface area contributed by atoms with E-state index in [9.17, 15) is 10.5 Å². The lowest BCUT2D eigenvalue weighted by Crippen LogP contribution is -2.11. The number of aromatic amines is 1. The van der Waals surface area contributed by atoms with Crippen LogP contribution in [0.25, 0.3) is 81.6 Å². The van der Waals surface area contributed by atoms with Gasteiger partial charge in [-0.15, -0.1) is 0 Å². The first-order chi connectivity index (χ1) is 32.6. The van der Waals surface area contributed by atoms with Crippen molar-refractivity contribution in [2.45, 2.75) is 0 Å². The third-order valence-corrected chi connectivity index (χ3v) is 13.3. The van der Waals surface area contributed by atoms with Crippen LogP contribution in [0.1, 0.15) is 11.1 Å². The number of fused-ring (bicyclic) bond motifs is 6. The van der Waals surface area contributed by atoms with E-state index in [0.717, 1.165) is 94.2 Å². The molecule has 0 aliphatic rings. The van der Waals surface area contributed by atoms with Gasteiger partial charge in [-0.2, -0.15) is 10.5 Å². The van der Waals surface area contributed by atoms with Gasteiger partial charge in [0.1, 0.15) is 0 Å². The van der Waals surface area contributed by atoms with Crippen molar-refractivity contribution in [2.24, 2.45) is 0 Å². The zero-order valence-electron chi connectivity index (χ0n) is 35.4. The molecule has 6 heteroatoms. The van der Waals surface area contributed by atoms with Crippen LogP contribution in [-0.4, -0.2) is 9.55 Å². The minimum absolute atomic E-state index is 0.610. The first-order valence-electron chi connectivity index (χ1n) is 22.0. The van der Waals surface area contributed by atoms with E-state index in [4.69, 9.17) is 0 Å². The fourth-order valence-corrected chi connectivity index (χ4v) is 10.3. The summed E-state index contributed by atoms with van der Waals surface area (Å²) in [7, 11) is 0. The molecule has 0 aliphatic carbocycles. The highest BCUT2D eigenvalue weighted by molar-refractivity contribution is 6.28. The number of hydrogen-bond acceptors (Lipinski definition) is 4. The highest BCUT2D eigenvalue weighted by Gasteiger charge is 2.23. The second kappa shape index (κ2) is 14.6. The van der Waals surface area contributed by atoms with Gasteiger partial charge in [0.2, 0.25) is 0 Å². The molecule has 66 heavy (non-hydrogen) atoms. The van der Waals surface area contributed by atoms with Crippen LogP contribution in [0, 0.1) is 22.7 Å². The second-order valence-electron chi connectivity index (χ2n) is 16.9. The molecule has 13 rings (SSSR count). The maximum Gasteiger partial charge on any atom is 0.0991 e. The predicted molar refractivity (Wildman–Crippen MR) is 273 cm³/mol. The van der Waals surface area contributed by atoms with Gasteiger partial charge in [-0.05, 0) is 143 Å². The van der Waals surface area contributed by atoms with Crippen molar-refractivity contribution >= 4 is 110 Å². The van der Waals surface area contributed by atoms with Gasteiger partial charge in [0.05, 0.1) is 45.7 Å². The third-order valence-electron chi connectivity index (χ3n) is 13.3. The smallest absolute Gasteiger partial charge is 0.0991 e. The standard InChI is InChI=1S/C60H36N6/c61-36-38-14-22-43(23-15-38)64(45-26-30-54-51(34-45)47-10-4-6-12-53(47)63-54)56-31-20-40-19-29-50-57(32-21-41-18-28-49(56)59(40)60(41)50)65(44-24-16-39(37-62)17-25-44)46-27-33-58-52(35-46)48-11-5-7-13-55(48)66(58)42-8-2-1-3-9-42/h1-35,63H. The van der Waals surface area contributed by atoms with Crippen molar-refractivity contribution < 1.29 is 0 Å². The van der Waals surface area contributed by atoms with Gasteiger partial charge in [0.15, 0.2) is 0 Å². The Morgan fingerprint density at radius 2 is 0.848 bits per heavy atom. The average molecular weight is 841 g/mol. The molecule has 306 valence electrons. The fraction of sp³-hybridized carbons (Fsp3) is 0. The van der Waals surface area contributed by atoms with Crippen molar-refractivity contribution in [3.8, 4) is 17.8 Å². The first-order valence-corrected chi connectivity index (χ1v) is 22.0. The van der Waals surface area contributed by atoms with Crippen LogP contribution < -0.4 is 9.80 Å². The molecule has 0 fully saturated rings. The lowest BCUT2D eigenvalue weighted by Gasteiger charge is -2.29. The Kier molecular flexibility index (Phi) is 8.24. The summed E-state index contributed by atoms with van der Waals surface area (Å²) in [6, 6.07) is 79.3. The van der Waals surface area contributed by atoms with E-state index in [0.29, 0.717) is 11.1 Å². The highest BCUT2D eigenvalue weighted by atomic mass is 15.2. The summed E-state index contributed by atoms with van der Waals surface area (Å²) in [6.45, 7) is 0. The number of hydrogen-bond donors (Lipinski definition) is 1. The summed E-state index contributed by atoms with van der Waals surface area (Å²) in [4.78, 5) is 8.25. The summed E-state index contributed by atoms with van der Waals surface area (Å²) in [5, 5.41) is 31.1. The third kappa shape index (κ3) is 5.66. The highest BCUT2D eigenvalue weighted by Crippen LogP contribution is 2.49. The number of aromatic nitrogens is 2. The average Bonchev–Trinajstić information content (AvgIpc) is 3.92. The predicted octanol–water partition coefficient (Wildman–Crippen LogP) is 16.0. The molecule has 0 bridgehead atoms. The lowest BCUT2D eigenvalue weighted by atomic mass is 9.91. The molecule has 1 N–H and O–H groups in total. The van der Waals surface area contributed by atoms with E-state index in [1.54, 1.807) is 0 Å². The lowest BCUT2D eigenvalue weighted by molar-refractivity contribution is 1.18. The van der Waals surface area contributed by atoms with E-state index in [-0.39, 0.29) is 0 Å². The number of H-pyrrole nitrogens is 1. The van der Waals surface area contributed by atoms with Gasteiger partial charge >= 0.3 is 0 Å². The maximum absolute atomic E-state index is 9.84. The van der Waals surface area contributed by atoms with Gasteiger partial charge in [0, 0.05) is 71.8 Å². The molecule has 6 nitrogen and oxygen atoms in total. The zero-order valence-corrected chi connectivity index (χ0v) is 35.4. The number of nitrogens with zero attached hydrogens (tertiary/aromatic N) is 5. The SMILES string of the molecule is N#Cc1ccc(N(c2ccc3[nH]c4ccccc4c3c2)c2ccc3ccc4c(N(c5ccc(C#N)cc5)c5ccc6c(c5)c5ccccc5n6-c5ccccc5)ccc5ccc2c3c54)cc1. The molecule has 0 saturated heterocycles. The number of para-hydroxylation sites is 3. The summed E-state index contributed by atoms with van der Waals surface area (Å²) in [6.07, 6.45) is 0. The van der Waals surface area contributed by atoms with E-state index < -0.39 is 0 Å².